The van der Waals surface area contributed by atoms with Gasteiger partial charge in [-0.15, -0.1) is 0 Å². The molecule has 12 rings (SSSR count). The molecule has 10 N–H and O–H groups in total. The summed E-state index contributed by atoms with van der Waals surface area (Å²) in [7, 11) is -16.0. The zero-order valence-electron chi connectivity index (χ0n) is 71.3. The van der Waals surface area contributed by atoms with Crippen LogP contribution in [0.1, 0.15) is 168 Å². The second-order valence-electron chi connectivity index (χ2n) is 31.9. The minimum absolute atomic E-state index is 0. The second kappa shape index (κ2) is 52.0. The van der Waals surface area contributed by atoms with Crippen molar-refractivity contribution < 1.29 is 120 Å². The van der Waals surface area contributed by atoms with Crippen LogP contribution in [0.3, 0.4) is 0 Å². The summed E-state index contributed by atoms with van der Waals surface area (Å²) in [6, 6.07) is 67.7. The zero-order chi connectivity index (χ0) is 90.4. The van der Waals surface area contributed by atoms with E-state index in [0.29, 0.717) is 64.7 Å². The molecule has 22 nitrogen and oxygen atoms in total. The molecule has 4 unspecified atom stereocenters. The van der Waals surface area contributed by atoms with Crippen molar-refractivity contribution >= 4 is 184 Å². The van der Waals surface area contributed by atoms with Crippen LogP contribution in [0.4, 0.5) is 45.5 Å². The Morgan fingerprint density at radius 1 is 0.568 bits per heavy atom. The number of quaternary nitrogens is 2. The summed E-state index contributed by atoms with van der Waals surface area (Å²) < 4.78 is 119. The summed E-state index contributed by atoms with van der Waals surface area (Å²) in [5.74, 6) is -2.24. The van der Waals surface area contributed by atoms with Crippen LogP contribution >= 0.6 is 74.5 Å². The summed E-state index contributed by atoms with van der Waals surface area (Å²) in [5, 5.41) is 33.9. The van der Waals surface area contributed by atoms with E-state index < -0.39 is 57.6 Å². The number of rotatable bonds is 34. The summed E-state index contributed by atoms with van der Waals surface area (Å²) in [5.41, 5.74) is 15.2. The summed E-state index contributed by atoms with van der Waals surface area (Å²) in [6.07, 6.45) is 22.7. The van der Waals surface area contributed by atoms with E-state index >= 15 is 0 Å². The van der Waals surface area contributed by atoms with Crippen molar-refractivity contribution in [1.82, 2.24) is 4.58 Å². The van der Waals surface area contributed by atoms with Crippen LogP contribution in [0.25, 0.3) is 0 Å². The number of benzene rings is 8. The molecule has 0 aromatic heterocycles. The molecule has 4 atom stereocenters. The quantitative estimate of drug-likeness (QED) is 0.00493. The first-order valence-corrected chi connectivity index (χ1v) is 65.7. The zero-order valence-corrected chi connectivity index (χ0v) is 87.7. The number of aliphatic carboxylic acids is 2. The number of carboxylic acids is 2. The molecule has 0 aliphatic carbocycles. The molecule has 4 aliphatic rings. The fraction of sp³-hybridized carbons (Fsp3) is 0.348. The number of anilines is 2. The van der Waals surface area contributed by atoms with E-state index in [1.165, 1.54) is 39.2 Å². The SMILES string of the molecule is C(=C\Nc1ccccc1)/C[NH2+]c1ccccc1.CC1(C)\C(=C/C=C/C=C/C2[NH+](c3ccccc3)c3ccccc3C2(C)CCCCS(=O)(=O)[O-])N(CCCCCC(=O)O)c2ccc(S(N)(=O)=O)cc21.CC1=[N+](CCCCCC(=O)O)c2ccc(S(N)(=O)=O)cc2C1(C)C.CC1=[N+](c2ccccc2)c2ccccc2C1(C)CCCCS(=O)(=O)[O-].II.I[I-]I.[Br-].[Cl-]. The number of para-hydroxylation sites is 6. The van der Waals surface area contributed by atoms with Gasteiger partial charge in [0.25, 0.3) is 0 Å². The number of nitrogens with two attached hydrogens (primary N) is 3. The van der Waals surface area contributed by atoms with Crippen molar-refractivity contribution in [2.75, 3.05) is 41.4 Å². The number of sulfonamides is 2. The Kier molecular flexibility index (Phi) is 45.8. The van der Waals surface area contributed by atoms with E-state index in [2.05, 4.69) is 233 Å². The van der Waals surface area contributed by atoms with Crippen molar-refractivity contribution in [3.63, 3.8) is 0 Å². The molecule has 8 aromatic carbocycles. The molecule has 4 aliphatic heterocycles. The Morgan fingerprint density at radius 3 is 1.64 bits per heavy atom. The minimum Gasteiger partial charge on any atom is -1.00 e. The molecule has 0 bridgehead atoms. The van der Waals surface area contributed by atoms with Gasteiger partial charge in [0.05, 0.1) is 46.3 Å². The Morgan fingerprint density at radius 2 is 1.07 bits per heavy atom. The van der Waals surface area contributed by atoms with Crippen molar-refractivity contribution in [1.29, 1.82) is 0 Å². The Balaban J connectivity index is 0.000000317. The Labute approximate surface area is 810 Å². The van der Waals surface area contributed by atoms with Gasteiger partial charge < -0.3 is 64.2 Å². The smallest absolute Gasteiger partial charge is 1.00 e. The van der Waals surface area contributed by atoms with Gasteiger partial charge in [0.2, 0.25) is 37.1 Å². The molecule has 0 spiro atoms. The standard InChI is InChI=1S/C40H49N3O7S2.C20H23NO3S.C17H24N2O4S.C15H16N2.BrH.ClH.I3.I2/c1-39(2)33-29-31(52(41,49)50)24-25-34(33)42(27-15-6-11-23-38(44)45)36(39)21-9-5-10-22-37-40(3,26-14-16-28-51(46,47)48)32-19-12-13-20-35(32)43(37)30-17-7-4-8-18-30;1-16-20(2,14-8-9-15-25(22,23)24)18-12-6-7-13-19(18)21(16)17-10-4-3-5-11-17;1-12-17(2,3)14-11-13(24(18,22)23)8-9-15(14)19(12)10-6-4-5-7-16(20)21;1-3-8-14(9-4-1)16-12-7-13-17-15-10-5-2-6-11-15;;;1-3-2;1-2/h4-5,7-10,12-13,17-22,24-25,29,37H,6,11,14-16,23,26-28H2,1-3H3,(H,44,45)(H2,41,49,50)(H,46,47,48);3-7,10-13H,8-9,14-15H2,1-2H3;8-9,11H,4-7,10H2,1-3H3,(H2-,18,20,21,22,23);1-12,16-17H,13H2;2*1H;;/q;;;;;;-1;/b9-5+,22-10+,36-21+;;;12-7+;;;;. The average molecular weight is 2430 g/mol. The van der Waals surface area contributed by atoms with E-state index in [1.807, 2.05) is 141 Å². The predicted octanol–water partition coefficient (Wildman–Crippen LogP) is 9.38. The molecule has 0 saturated heterocycles. The van der Waals surface area contributed by atoms with Gasteiger partial charge in [0.15, 0.2) is 11.4 Å². The van der Waals surface area contributed by atoms with Crippen LogP contribution in [0.5, 0.6) is 0 Å². The van der Waals surface area contributed by atoms with Gasteiger partial charge in [-0.25, -0.2) is 43.9 Å². The van der Waals surface area contributed by atoms with Gasteiger partial charge >= 0.3 is 62.4 Å². The summed E-state index contributed by atoms with van der Waals surface area (Å²) in [6.45, 7) is 19.2. The number of hydrogen-bond acceptors (Lipinski definition) is 14. The number of fused-ring (bicyclic) bond motifs is 4. The van der Waals surface area contributed by atoms with Crippen molar-refractivity contribution in [3.8, 4) is 0 Å². The molecule has 0 fully saturated rings. The van der Waals surface area contributed by atoms with E-state index in [9.17, 15) is 52.4 Å². The third-order valence-corrected chi connectivity index (χ3v) is 26.4. The van der Waals surface area contributed by atoms with Crippen molar-refractivity contribution in [2.45, 2.75) is 183 Å². The molecule has 0 saturated carbocycles. The van der Waals surface area contributed by atoms with Gasteiger partial charge in [-0.3, -0.25) is 14.5 Å². The van der Waals surface area contributed by atoms with Gasteiger partial charge in [0.1, 0.15) is 36.2 Å². The number of nitrogens with one attached hydrogen (secondary N) is 2. The largest absolute Gasteiger partial charge is 1.00 e. The number of carbonyl (C=O) groups is 2. The van der Waals surface area contributed by atoms with E-state index in [0.717, 1.165) is 102 Å². The first-order chi connectivity index (χ1) is 58.3. The third-order valence-electron chi connectivity index (χ3n) is 23.0. The maximum Gasteiger partial charge on any atom is -1.00 e. The monoisotopic (exact) mass is 2430 g/mol. The van der Waals surface area contributed by atoms with Crippen molar-refractivity contribution in [2.24, 2.45) is 10.3 Å². The Hall–Kier alpha value is -5.42. The van der Waals surface area contributed by atoms with Gasteiger partial charge in [-0.1, -0.05) is 161 Å². The number of hydrogen-bond donors (Lipinski definition) is 7. The molecule has 4 heterocycles. The van der Waals surface area contributed by atoms with Crippen LogP contribution < -0.4 is 77.9 Å². The molecule has 0 amide bonds. The van der Waals surface area contributed by atoms with Crippen LogP contribution in [-0.2, 0) is 71.5 Å². The van der Waals surface area contributed by atoms with Crippen LogP contribution in [-0.4, -0.2) is 118 Å². The molecule has 8 aromatic rings. The topological polar surface area (TPSA) is 352 Å². The number of nitrogens with zero attached hydrogens (tertiary/aromatic N) is 3. The van der Waals surface area contributed by atoms with Crippen LogP contribution in [0.15, 0.2) is 264 Å². The van der Waals surface area contributed by atoms with Gasteiger partial charge in [-0.05, 0) is 176 Å². The number of unbranched alkanes of at least 4 members (excludes halogenated alkanes) is 6. The van der Waals surface area contributed by atoms with E-state index in [-0.39, 0.29) is 85.8 Å². The molecular weight excluding hydrogens is 2320 g/mol. The van der Waals surface area contributed by atoms with E-state index in [1.54, 1.807) is 24.3 Å². The molecule has 33 heteroatoms. The minimum atomic E-state index is -4.29. The maximum absolute atomic E-state index is 12.2. The maximum atomic E-state index is 12.2. The molecule has 125 heavy (non-hydrogen) atoms. The van der Waals surface area contributed by atoms with Crippen LogP contribution in [0, 0.1) is 0 Å². The van der Waals surface area contributed by atoms with Gasteiger partial charge in [-0.2, -0.15) is 9.15 Å². The number of carboxylic acid groups (broad SMARTS) is 2. The van der Waals surface area contributed by atoms with E-state index in [4.69, 9.17) is 20.5 Å². The van der Waals surface area contributed by atoms with Crippen molar-refractivity contribution in [3.05, 3.63) is 277 Å². The van der Waals surface area contributed by atoms with Crippen LogP contribution in [0.2, 0.25) is 0 Å². The summed E-state index contributed by atoms with van der Waals surface area (Å²) in [4.78, 5) is 25.2. The average Bonchev–Trinajstić information content (AvgIpc) is 1.61. The first kappa shape index (κ1) is 110. The first-order valence-electron chi connectivity index (χ1n) is 40.6. The molecular formula is C92H114BrClI5N8O14S4-. The Bertz CT molecular complexity index is 5560. The third kappa shape index (κ3) is 32.0. The second-order valence-corrected chi connectivity index (χ2v) is 54.3. The fourth-order valence-electron chi connectivity index (χ4n) is 16.3. The normalized spacial score (nSPS) is 18.0. The predicted molar refractivity (Wildman–Crippen MR) is 525 cm³/mol. The molecule has 680 valence electrons. The fourth-order valence-corrected chi connectivity index (χ4v) is 18.5. The molecule has 0 radical (unpaired) electrons. The summed E-state index contributed by atoms with van der Waals surface area (Å²) >= 11 is 9.54. The number of allylic oxidation sites excluding steroid dienone is 5. The number of halogens is 7. The number of primary sulfonamides is 2. The van der Waals surface area contributed by atoms with Gasteiger partial charge in [0, 0.05) is 158 Å².